The minimum Gasteiger partial charge on any atom is -0.396 e. The first kappa shape index (κ1) is 14.0. The number of anilines is 1. The van der Waals surface area contributed by atoms with Gasteiger partial charge >= 0.3 is 0 Å². The predicted octanol–water partition coefficient (Wildman–Crippen LogP) is 3.46. The van der Waals surface area contributed by atoms with Crippen molar-refractivity contribution in [3.8, 4) is 0 Å². The summed E-state index contributed by atoms with van der Waals surface area (Å²) in [4.78, 5) is 0. The van der Waals surface area contributed by atoms with Crippen LogP contribution in [0.1, 0.15) is 39.2 Å². The lowest BCUT2D eigenvalue weighted by Gasteiger charge is -2.16. The molecule has 96 valence electrons. The molecule has 0 spiro atoms. The van der Waals surface area contributed by atoms with Gasteiger partial charge in [0.25, 0.3) is 0 Å². The number of aliphatic hydroxyl groups excluding tert-OH is 1. The van der Waals surface area contributed by atoms with Gasteiger partial charge in [-0.1, -0.05) is 26.0 Å². The van der Waals surface area contributed by atoms with Crippen LogP contribution < -0.4 is 5.32 Å². The topological polar surface area (TPSA) is 32.3 Å². The molecular weight excluding hydrogens is 210 g/mol. The van der Waals surface area contributed by atoms with Gasteiger partial charge in [-0.15, -0.1) is 0 Å². The van der Waals surface area contributed by atoms with Crippen LogP contribution in [-0.2, 0) is 6.42 Å². The Morgan fingerprint density at radius 3 is 2.24 bits per heavy atom. The SMILES string of the molecule is CC(C)CCC(C)Nc1ccc(CCO)cc1. The van der Waals surface area contributed by atoms with Gasteiger partial charge in [0.05, 0.1) is 0 Å². The predicted molar refractivity (Wildman–Crippen MR) is 74.4 cm³/mol. The van der Waals surface area contributed by atoms with Gasteiger partial charge in [0.15, 0.2) is 0 Å². The fraction of sp³-hybridized carbons (Fsp3) is 0.600. The molecule has 0 fully saturated rings. The van der Waals surface area contributed by atoms with Crippen molar-refractivity contribution in [3.63, 3.8) is 0 Å². The van der Waals surface area contributed by atoms with Crippen LogP contribution in [0, 0.1) is 5.92 Å². The summed E-state index contributed by atoms with van der Waals surface area (Å²) in [5.74, 6) is 0.770. The van der Waals surface area contributed by atoms with Crippen LogP contribution in [0.15, 0.2) is 24.3 Å². The molecule has 2 N–H and O–H groups in total. The average Bonchev–Trinajstić information content (AvgIpc) is 2.29. The summed E-state index contributed by atoms with van der Waals surface area (Å²) in [6, 6.07) is 8.86. The molecule has 0 amide bonds. The first-order valence-corrected chi connectivity index (χ1v) is 6.58. The molecule has 0 bridgehead atoms. The fourth-order valence-electron chi connectivity index (χ4n) is 1.84. The fourth-order valence-corrected chi connectivity index (χ4v) is 1.84. The van der Waals surface area contributed by atoms with Gasteiger partial charge in [0.2, 0.25) is 0 Å². The molecule has 0 aromatic heterocycles. The van der Waals surface area contributed by atoms with E-state index in [1.165, 1.54) is 24.1 Å². The van der Waals surface area contributed by atoms with E-state index in [1.54, 1.807) is 0 Å². The van der Waals surface area contributed by atoms with E-state index >= 15 is 0 Å². The maximum Gasteiger partial charge on any atom is 0.0471 e. The largest absolute Gasteiger partial charge is 0.396 e. The highest BCUT2D eigenvalue weighted by Gasteiger charge is 2.03. The molecule has 0 heterocycles. The van der Waals surface area contributed by atoms with Gasteiger partial charge in [-0.2, -0.15) is 0 Å². The Hall–Kier alpha value is -1.02. The summed E-state index contributed by atoms with van der Waals surface area (Å²) >= 11 is 0. The molecular formula is C15H25NO. The molecule has 0 saturated carbocycles. The van der Waals surface area contributed by atoms with Gasteiger partial charge in [-0.25, -0.2) is 0 Å². The van der Waals surface area contributed by atoms with Crippen LogP contribution in [0.2, 0.25) is 0 Å². The third kappa shape index (κ3) is 5.73. The van der Waals surface area contributed by atoms with Crippen LogP contribution in [0.4, 0.5) is 5.69 Å². The third-order valence-electron chi connectivity index (χ3n) is 2.94. The number of benzene rings is 1. The Balaban J connectivity index is 2.40. The van der Waals surface area contributed by atoms with Crippen molar-refractivity contribution in [2.24, 2.45) is 5.92 Å². The molecule has 1 aromatic rings. The van der Waals surface area contributed by atoms with Crippen molar-refractivity contribution in [2.75, 3.05) is 11.9 Å². The van der Waals surface area contributed by atoms with E-state index in [1.807, 2.05) is 0 Å². The molecule has 1 aromatic carbocycles. The molecule has 17 heavy (non-hydrogen) atoms. The Bertz CT molecular complexity index is 305. The normalized spacial score (nSPS) is 12.8. The van der Waals surface area contributed by atoms with Crippen LogP contribution in [0.3, 0.4) is 0 Å². The lowest BCUT2D eigenvalue weighted by molar-refractivity contribution is 0.299. The highest BCUT2D eigenvalue weighted by molar-refractivity contribution is 5.45. The molecule has 1 atom stereocenters. The first-order chi connectivity index (χ1) is 8.11. The van der Waals surface area contributed by atoms with Crippen molar-refractivity contribution in [3.05, 3.63) is 29.8 Å². The summed E-state index contributed by atoms with van der Waals surface area (Å²) < 4.78 is 0. The Labute approximate surface area is 105 Å². The second-order valence-electron chi connectivity index (χ2n) is 5.19. The molecule has 2 heteroatoms. The van der Waals surface area contributed by atoms with Gasteiger partial charge in [-0.3, -0.25) is 0 Å². The zero-order valence-electron chi connectivity index (χ0n) is 11.2. The molecule has 1 unspecified atom stereocenters. The number of rotatable bonds is 7. The lowest BCUT2D eigenvalue weighted by Crippen LogP contribution is -2.15. The van der Waals surface area contributed by atoms with Crippen LogP contribution >= 0.6 is 0 Å². The van der Waals surface area contributed by atoms with Crippen molar-refractivity contribution >= 4 is 5.69 Å². The number of hydrogen-bond acceptors (Lipinski definition) is 2. The summed E-state index contributed by atoms with van der Waals surface area (Å²) in [5, 5.41) is 12.3. The average molecular weight is 235 g/mol. The zero-order chi connectivity index (χ0) is 12.7. The van der Waals surface area contributed by atoms with E-state index in [0.717, 1.165) is 12.3 Å². The molecule has 0 aliphatic carbocycles. The van der Waals surface area contributed by atoms with Crippen molar-refractivity contribution in [1.82, 2.24) is 0 Å². The van der Waals surface area contributed by atoms with Crippen LogP contribution in [-0.4, -0.2) is 17.8 Å². The maximum atomic E-state index is 8.84. The first-order valence-electron chi connectivity index (χ1n) is 6.58. The van der Waals surface area contributed by atoms with Gasteiger partial charge < -0.3 is 10.4 Å². The molecule has 1 rings (SSSR count). The summed E-state index contributed by atoms with van der Waals surface area (Å²) in [6.07, 6.45) is 3.20. The standard InChI is InChI=1S/C15H25NO/c1-12(2)4-5-13(3)16-15-8-6-14(7-9-15)10-11-17/h6-9,12-13,16-17H,4-5,10-11H2,1-3H3. The monoisotopic (exact) mass is 235 g/mol. The molecule has 0 aliphatic heterocycles. The number of aliphatic hydroxyl groups is 1. The highest BCUT2D eigenvalue weighted by Crippen LogP contribution is 2.14. The maximum absolute atomic E-state index is 8.84. The number of nitrogens with one attached hydrogen (secondary N) is 1. The van der Waals surface area contributed by atoms with Crippen LogP contribution in [0.25, 0.3) is 0 Å². The summed E-state index contributed by atoms with van der Waals surface area (Å²) in [5.41, 5.74) is 2.36. The third-order valence-corrected chi connectivity index (χ3v) is 2.94. The Morgan fingerprint density at radius 2 is 1.71 bits per heavy atom. The smallest absolute Gasteiger partial charge is 0.0471 e. The van der Waals surface area contributed by atoms with Crippen molar-refractivity contribution < 1.29 is 5.11 Å². The molecule has 2 nitrogen and oxygen atoms in total. The zero-order valence-corrected chi connectivity index (χ0v) is 11.2. The quantitative estimate of drug-likeness (QED) is 0.758. The van der Waals surface area contributed by atoms with E-state index in [4.69, 9.17) is 5.11 Å². The number of hydrogen-bond donors (Lipinski definition) is 2. The van der Waals surface area contributed by atoms with E-state index in [9.17, 15) is 0 Å². The minimum atomic E-state index is 0.220. The summed E-state index contributed by atoms with van der Waals surface area (Å²) in [7, 11) is 0. The minimum absolute atomic E-state index is 0.220. The molecule has 0 aliphatic rings. The van der Waals surface area contributed by atoms with E-state index in [-0.39, 0.29) is 6.61 Å². The van der Waals surface area contributed by atoms with Crippen molar-refractivity contribution in [1.29, 1.82) is 0 Å². The second kappa shape index (κ2) is 7.33. The van der Waals surface area contributed by atoms with E-state index in [2.05, 4.69) is 50.4 Å². The lowest BCUT2D eigenvalue weighted by atomic mass is 10.0. The van der Waals surface area contributed by atoms with Gasteiger partial charge in [-0.05, 0) is 49.8 Å². The van der Waals surface area contributed by atoms with Gasteiger partial charge in [0.1, 0.15) is 0 Å². The highest BCUT2D eigenvalue weighted by atomic mass is 16.2. The Kier molecular flexibility index (Phi) is 6.06. The van der Waals surface area contributed by atoms with Gasteiger partial charge in [0, 0.05) is 18.3 Å². The van der Waals surface area contributed by atoms with E-state index < -0.39 is 0 Å². The molecule has 0 radical (unpaired) electrons. The van der Waals surface area contributed by atoms with E-state index in [0.29, 0.717) is 6.04 Å². The van der Waals surface area contributed by atoms with Crippen LogP contribution in [0.5, 0.6) is 0 Å². The van der Waals surface area contributed by atoms with Crippen molar-refractivity contribution in [2.45, 2.75) is 46.1 Å². The second-order valence-corrected chi connectivity index (χ2v) is 5.19. The summed E-state index contributed by atoms with van der Waals surface area (Å²) in [6.45, 7) is 6.97. The molecule has 0 saturated heterocycles. The Morgan fingerprint density at radius 1 is 1.06 bits per heavy atom.